The number of rotatable bonds is 3. The summed E-state index contributed by atoms with van der Waals surface area (Å²) in [5.74, 6) is 0.173. The van der Waals surface area contributed by atoms with Gasteiger partial charge in [0.25, 0.3) is 5.91 Å². The minimum Gasteiger partial charge on any atom is -0.345 e. The van der Waals surface area contributed by atoms with E-state index >= 15 is 0 Å². The van der Waals surface area contributed by atoms with Crippen LogP contribution in [0.4, 0.5) is 0 Å². The van der Waals surface area contributed by atoms with Crippen LogP contribution in [-0.4, -0.2) is 57.4 Å². The number of H-pyrrole nitrogens is 1. The van der Waals surface area contributed by atoms with E-state index in [9.17, 15) is 4.79 Å². The number of hydrogen-bond donors (Lipinski definition) is 1. The first-order chi connectivity index (χ1) is 11.3. The predicted octanol–water partition coefficient (Wildman–Crippen LogP) is 2.65. The first kappa shape index (κ1) is 14.7. The van der Waals surface area contributed by atoms with Crippen LogP contribution in [0.1, 0.15) is 43.0 Å². The minimum absolute atomic E-state index is 0.173. The summed E-state index contributed by atoms with van der Waals surface area (Å²) < 4.78 is 0. The van der Waals surface area contributed by atoms with E-state index in [1.807, 2.05) is 18.2 Å². The van der Waals surface area contributed by atoms with Gasteiger partial charge in [0.05, 0.1) is 17.4 Å². The summed E-state index contributed by atoms with van der Waals surface area (Å²) in [5, 5.41) is 0. The third kappa shape index (κ3) is 2.53. The van der Waals surface area contributed by atoms with Gasteiger partial charge < -0.3 is 9.88 Å². The Morgan fingerprint density at radius 3 is 2.96 bits per heavy atom. The number of amides is 1. The van der Waals surface area contributed by atoms with Crippen LogP contribution in [0.15, 0.2) is 24.5 Å². The van der Waals surface area contributed by atoms with Crippen molar-refractivity contribution in [2.75, 3.05) is 19.6 Å². The third-order valence-electron chi connectivity index (χ3n) is 5.49. The molecule has 1 aromatic carbocycles. The Morgan fingerprint density at radius 1 is 1.26 bits per heavy atom. The molecule has 0 radical (unpaired) electrons. The topological polar surface area (TPSA) is 52.2 Å². The van der Waals surface area contributed by atoms with Crippen LogP contribution in [0.25, 0.3) is 11.0 Å². The number of carbonyl (C=O) groups is 1. The molecule has 4 rings (SSSR count). The van der Waals surface area contributed by atoms with E-state index in [1.54, 1.807) is 6.33 Å². The van der Waals surface area contributed by atoms with Crippen LogP contribution >= 0.6 is 0 Å². The van der Waals surface area contributed by atoms with E-state index in [0.717, 1.165) is 42.5 Å². The average molecular weight is 312 g/mol. The molecule has 1 amide bonds. The second-order valence-electron chi connectivity index (χ2n) is 6.68. The average Bonchev–Trinajstić information content (AvgIpc) is 3.30. The van der Waals surface area contributed by atoms with Crippen molar-refractivity contribution in [3.8, 4) is 0 Å². The number of likely N-dealkylation sites (N-methyl/N-ethyl adjacent to an activating group) is 1. The highest BCUT2D eigenvalue weighted by atomic mass is 16.2. The van der Waals surface area contributed by atoms with Crippen LogP contribution in [0.3, 0.4) is 0 Å². The number of carbonyl (C=O) groups excluding carboxylic acids is 1. The van der Waals surface area contributed by atoms with Gasteiger partial charge in [-0.2, -0.15) is 0 Å². The Hall–Kier alpha value is -1.88. The standard InChI is InChI=1S/C18H24N4O/c1-2-21-9-3-5-16(21)17-6-4-10-22(17)18(23)13-7-8-14-15(11-13)20-12-19-14/h7-8,11-12,16-17H,2-6,9-10H2,1H3,(H,19,20)/t16-,17+/m1/s1. The van der Waals surface area contributed by atoms with Gasteiger partial charge in [-0.1, -0.05) is 6.92 Å². The van der Waals surface area contributed by atoms with E-state index < -0.39 is 0 Å². The number of hydrogen-bond acceptors (Lipinski definition) is 3. The molecule has 2 aliphatic rings. The molecule has 0 aliphatic carbocycles. The molecule has 2 aliphatic heterocycles. The minimum atomic E-state index is 0.173. The molecule has 0 saturated carbocycles. The van der Waals surface area contributed by atoms with Gasteiger partial charge in [-0.3, -0.25) is 9.69 Å². The molecule has 2 fully saturated rings. The molecule has 1 aromatic heterocycles. The van der Waals surface area contributed by atoms with Gasteiger partial charge in [0.2, 0.25) is 0 Å². The molecule has 2 atom stereocenters. The lowest BCUT2D eigenvalue weighted by Crippen LogP contribution is -2.48. The van der Waals surface area contributed by atoms with Crippen molar-refractivity contribution in [1.29, 1.82) is 0 Å². The molecule has 3 heterocycles. The van der Waals surface area contributed by atoms with E-state index in [-0.39, 0.29) is 5.91 Å². The lowest BCUT2D eigenvalue weighted by molar-refractivity contribution is 0.0650. The number of benzene rings is 1. The molecule has 2 saturated heterocycles. The maximum absolute atomic E-state index is 13.0. The molecule has 5 heteroatoms. The zero-order chi connectivity index (χ0) is 15.8. The smallest absolute Gasteiger partial charge is 0.254 e. The first-order valence-corrected chi connectivity index (χ1v) is 8.76. The molecule has 1 N–H and O–H groups in total. The lowest BCUT2D eigenvalue weighted by Gasteiger charge is -2.34. The highest BCUT2D eigenvalue weighted by Gasteiger charge is 2.39. The van der Waals surface area contributed by atoms with Crippen molar-refractivity contribution < 1.29 is 4.79 Å². The Labute approximate surface area is 136 Å². The van der Waals surface area contributed by atoms with E-state index in [4.69, 9.17) is 0 Å². The molecular weight excluding hydrogens is 288 g/mol. The number of fused-ring (bicyclic) bond motifs is 1. The fourth-order valence-electron chi connectivity index (χ4n) is 4.36. The molecule has 0 spiro atoms. The number of likely N-dealkylation sites (tertiary alicyclic amines) is 2. The van der Waals surface area contributed by atoms with Crippen molar-refractivity contribution >= 4 is 16.9 Å². The highest BCUT2D eigenvalue weighted by molar-refractivity contribution is 5.97. The number of aromatic amines is 1. The Kier molecular flexibility index (Phi) is 3.81. The first-order valence-electron chi connectivity index (χ1n) is 8.76. The Balaban J connectivity index is 1.59. The SMILES string of the molecule is CCN1CCC[C@@H]1[C@@H]1CCCN1C(=O)c1ccc2nc[nH]c2c1. The van der Waals surface area contributed by atoms with Crippen LogP contribution in [0.2, 0.25) is 0 Å². The molecule has 2 aromatic rings. The number of imidazole rings is 1. The third-order valence-corrected chi connectivity index (χ3v) is 5.49. The molecule has 0 bridgehead atoms. The molecule has 0 unspecified atom stereocenters. The summed E-state index contributed by atoms with van der Waals surface area (Å²) in [7, 11) is 0. The van der Waals surface area contributed by atoms with Gasteiger partial charge >= 0.3 is 0 Å². The summed E-state index contributed by atoms with van der Waals surface area (Å²) in [6, 6.07) is 6.70. The molecule has 122 valence electrons. The van der Waals surface area contributed by atoms with Crippen molar-refractivity contribution in [2.24, 2.45) is 0 Å². The summed E-state index contributed by atoms with van der Waals surface area (Å²) in [5.41, 5.74) is 2.62. The molecular formula is C18H24N4O. The molecule has 23 heavy (non-hydrogen) atoms. The fourth-order valence-corrected chi connectivity index (χ4v) is 4.36. The van der Waals surface area contributed by atoms with E-state index in [1.165, 1.54) is 19.4 Å². The van der Waals surface area contributed by atoms with Crippen LogP contribution in [0.5, 0.6) is 0 Å². The molecule has 5 nitrogen and oxygen atoms in total. The predicted molar refractivity (Wildman–Crippen MR) is 90.4 cm³/mol. The lowest BCUT2D eigenvalue weighted by atomic mass is 10.0. The second kappa shape index (κ2) is 5.96. The van der Waals surface area contributed by atoms with Gasteiger partial charge in [0.1, 0.15) is 0 Å². The van der Waals surface area contributed by atoms with Crippen LogP contribution < -0.4 is 0 Å². The van der Waals surface area contributed by atoms with E-state index in [2.05, 4.69) is 26.7 Å². The van der Waals surface area contributed by atoms with Gasteiger partial charge in [-0.25, -0.2) is 4.98 Å². The monoisotopic (exact) mass is 312 g/mol. The fraction of sp³-hybridized carbons (Fsp3) is 0.556. The quantitative estimate of drug-likeness (QED) is 0.948. The second-order valence-corrected chi connectivity index (χ2v) is 6.68. The summed E-state index contributed by atoms with van der Waals surface area (Å²) >= 11 is 0. The van der Waals surface area contributed by atoms with E-state index in [0.29, 0.717) is 12.1 Å². The van der Waals surface area contributed by atoms with Gasteiger partial charge in [0.15, 0.2) is 0 Å². The summed E-state index contributed by atoms with van der Waals surface area (Å²) in [6.45, 7) is 5.38. The van der Waals surface area contributed by atoms with Crippen LogP contribution in [-0.2, 0) is 0 Å². The van der Waals surface area contributed by atoms with Gasteiger partial charge in [-0.15, -0.1) is 0 Å². The maximum Gasteiger partial charge on any atom is 0.254 e. The highest BCUT2D eigenvalue weighted by Crippen LogP contribution is 2.31. The van der Waals surface area contributed by atoms with Gasteiger partial charge in [-0.05, 0) is 57.0 Å². The van der Waals surface area contributed by atoms with Crippen LogP contribution in [0, 0.1) is 0 Å². The normalized spacial score (nSPS) is 25.5. The van der Waals surface area contributed by atoms with Crippen molar-refractivity contribution in [3.63, 3.8) is 0 Å². The number of nitrogens with zero attached hydrogens (tertiary/aromatic N) is 3. The maximum atomic E-state index is 13.0. The zero-order valence-electron chi connectivity index (χ0n) is 13.7. The van der Waals surface area contributed by atoms with Gasteiger partial charge in [0, 0.05) is 24.2 Å². The zero-order valence-corrected chi connectivity index (χ0v) is 13.7. The number of nitrogens with one attached hydrogen (secondary N) is 1. The Morgan fingerprint density at radius 2 is 2.09 bits per heavy atom. The summed E-state index contributed by atoms with van der Waals surface area (Å²) in [4.78, 5) is 25.0. The van der Waals surface area contributed by atoms with Crippen molar-refractivity contribution in [1.82, 2.24) is 19.8 Å². The largest absolute Gasteiger partial charge is 0.345 e. The van der Waals surface area contributed by atoms with Crippen molar-refractivity contribution in [3.05, 3.63) is 30.1 Å². The van der Waals surface area contributed by atoms with Crippen molar-refractivity contribution in [2.45, 2.75) is 44.7 Å². The Bertz CT molecular complexity index is 710. The number of aromatic nitrogens is 2. The summed E-state index contributed by atoms with van der Waals surface area (Å²) in [6.07, 6.45) is 6.42.